The van der Waals surface area contributed by atoms with E-state index >= 15 is 0 Å². The van der Waals surface area contributed by atoms with Gasteiger partial charge < -0.3 is 15.5 Å². The molecular weight excluding hydrogens is 304 g/mol. The average Bonchev–Trinajstić information content (AvgIpc) is 2.55. The molecule has 1 aromatic heterocycles. The zero-order chi connectivity index (χ0) is 17.5. The number of hydrogen-bond donors (Lipinski definition) is 2. The fourth-order valence-electron chi connectivity index (χ4n) is 2.07. The van der Waals surface area contributed by atoms with Gasteiger partial charge in [-0.15, -0.1) is 0 Å². The maximum Gasteiger partial charge on any atom is 0.274 e. The molecule has 0 spiro atoms. The Morgan fingerprint density at radius 2 is 1.79 bits per heavy atom. The summed E-state index contributed by atoms with van der Waals surface area (Å²) in [7, 11) is 4.01. The van der Waals surface area contributed by atoms with Crippen LogP contribution in [0.2, 0.25) is 0 Å². The van der Waals surface area contributed by atoms with E-state index in [2.05, 4.69) is 20.5 Å². The first-order valence-corrected chi connectivity index (χ1v) is 7.72. The molecular formula is C18H22N4O2. The van der Waals surface area contributed by atoms with E-state index in [-0.39, 0.29) is 11.7 Å². The Morgan fingerprint density at radius 3 is 2.42 bits per heavy atom. The molecule has 2 N–H and O–H groups in total. The van der Waals surface area contributed by atoms with Crippen molar-refractivity contribution in [1.29, 1.82) is 0 Å². The second-order valence-corrected chi connectivity index (χ2v) is 5.75. The second-order valence-electron chi connectivity index (χ2n) is 5.75. The normalized spacial score (nSPS) is 10.5. The molecule has 0 aliphatic heterocycles. The van der Waals surface area contributed by atoms with Gasteiger partial charge in [-0.3, -0.25) is 14.6 Å². The van der Waals surface area contributed by atoms with E-state index in [1.54, 1.807) is 36.5 Å². The number of carbonyl (C=O) groups excluding carboxylic acids is 2. The third kappa shape index (κ3) is 5.17. The van der Waals surface area contributed by atoms with E-state index in [1.165, 1.54) is 6.92 Å². The van der Waals surface area contributed by atoms with Crippen LogP contribution in [0.3, 0.4) is 0 Å². The highest BCUT2D eigenvalue weighted by Crippen LogP contribution is 2.13. The van der Waals surface area contributed by atoms with Crippen molar-refractivity contribution in [2.75, 3.05) is 37.8 Å². The highest BCUT2D eigenvalue weighted by atomic mass is 16.2. The van der Waals surface area contributed by atoms with Crippen LogP contribution in [0.15, 0.2) is 42.6 Å². The number of anilines is 2. The summed E-state index contributed by atoms with van der Waals surface area (Å²) in [5.41, 5.74) is 2.42. The predicted molar refractivity (Wildman–Crippen MR) is 95.7 cm³/mol. The minimum atomic E-state index is -0.290. The van der Waals surface area contributed by atoms with E-state index in [0.717, 1.165) is 18.8 Å². The number of benzene rings is 1. The standard InChI is InChI=1S/C18H22N4O2/c1-13(23)14-4-6-15(7-5-14)21-18(24)17-12-16(8-9-20-17)19-10-11-22(2)3/h4-9,12H,10-11H2,1-3H3,(H,19,20)(H,21,24). The highest BCUT2D eigenvalue weighted by Gasteiger charge is 2.09. The molecule has 2 rings (SSSR count). The topological polar surface area (TPSA) is 74.3 Å². The van der Waals surface area contributed by atoms with Gasteiger partial charge in [0.1, 0.15) is 5.69 Å². The fraction of sp³-hybridized carbons (Fsp3) is 0.278. The summed E-state index contributed by atoms with van der Waals surface area (Å²) in [6.07, 6.45) is 1.60. The van der Waals surface area contributed by atoms with Gasteiger partial charge in [-0.05, 0) is 57.4 Å². The molecule has 24 heavy (non-hydrogen) atoms. The van der Waals surface area contributed by atoms with Gasteiger partial charge in [0, 0.05) is 36.2 Å². The summed E-state index contributed by atoms with van der Waals surface area (Å²) in [5.74, 6) is -0.298. The van der Waals surface area contributed by atoms with E-state index in [1.807, 2.05) is 20.2 Å². The number of nitrogens with one attached hydrogen (secondary N) is 2. The third-order valence-electron chi connectivity index (χ3n) is 3.43. The lowest BCUT2D eigenvalue weighted by Gasteiger charge is -2.12. The summed E-state index contributed by atoms with van der Waals surface area (Å²) >= 11 is 0. The molecule has 1 aromatic carbocycles. The van der Waals surface area contributed by atoms with Crippen molar-refractivity contribution in [3.05, 3.63) is 53.9 Å². The van der Waals surface area contributed by atoms with E-state index in [4.69, 9.17) is 0 Å². The van der Waals surface area contributed by atoms with Crippen molar-refractivity contribution in [2.45, 2.75) is 6.92 Å². The zero-order valence-electron chi connectivity index (χ0n) is 14.2. The number of amides is 1. The van der Waals surface area contributed by atoms with Crippen molar-refractivity contribution >= 4 is 23.1 Å². The molecule has 0 atom stereocenters. The molecule has 1 amide bonds. The number of carbonyl (C=O) groups is 2. The molecule has 0 fully saturated rings. The van der Waals surface area contributed by atoms with Crippen molar-refractivity contribution in [1.82, 2.24) is 9.88 Å². The Hall–Kier alpha value is -2.73. The Balaban J connectivity index is 2.00. The number of ketones is 1. The first-order valence-electron chi connectivity index (χ1n) is 7.72. The zero-order valence-corrected chi connectivity index (χ0v) is 14.2. The van der Waals surface area contributed by atoms with Gasteiger partial charge in [0.2, 0.25) is 0 Å². The summed E-state index contributed by atoms with van der Waals surface area (Å²) in [5, 5.41) is 6.03. The minimum Gasteiger partial charge on any atom is -0.384 e. The first-order chi connectivity index (χ1) is 11.5. The summed E-state index contributed by atoms with van der Waals surface area (Å²) in [6, 6.07) is 10.3. The van der Waals surface area contributed by atoms with Crippen LogP contribution in [-0.2, 0) is 0 Å². The number of Topliss-reactive ketones (excluding diaryl/α,β-unsaturated/α-hetero) is 1. The second kappa shape index (κ2) is 8.21. The molecule has 6 nitrogen and oxygen atoms in total. The minimum absolute atomic E-state index is 0.00829. The Morgan fingerprint density at radius 1 is 1.08 bits per heavy atom. The lowest BCUT2D eigenvalue weighted by atomic mass is 10.1. The van der Waals surface area contributed by atoms with Gasteiger partial charge in [-0.2, -0.15) is 0 Å². The quantitative estimate of drug-likeness (QED) is 0.765. The van der Waals surface area contributed by atoms with Crippen LogP contribution >= 0.6 is 0 Å². The van der Waals surface area contributed by atoms with Crippen molar-refractivity contribution in [3.63, 3.8) is 0 Å². The Labute approximate surface area is 141 Å². The monoisotopic (exact) mass is 326 g/mol. The number of pyridine rings is 1. The van der Waals surface area contributed by atoms with Crippen molar-refractivity contribution < 1.29 is 9.59 Å². The van der Waals surface area contributed by atoms with Gasteiger partial charge in [-0.25, -0.2) is 0 Å². The lowest BCUT2D eigenvalue weighted by Crippen LogP contribution is -2.21. The number of rotatable bonds is 7. The molecule has 0 aliphatic rings. The third-order valence-corrected chi connectivity index (χ3v) is 3.43. The molecule has 0 unspecified atom stereocenters. The molecule has 126 valence electrons. The van der Waals surface area contributed by atoms with Crippen LogP contribution in [0.4, 0.5) is 11.4 Å². The maximum absolute atomic E-state index is 12.3. The molecule has 0 saturated carbocycles. The number of likely N-dealkylation sites (N-methyl/N-ethyl adjacent to an activating group) is 1. The smallest absolute Gasteiger partial charge is 0.274 e. The van der Waals surface area contributed by atoms with Crippen LogP contribution < -0.4 is 10.6 Å². The average molecular weight is 326 g/mol. The number of hydrogen-bond acceptors (Lipinski definition) is 5. The van der Waals surface area contributed by atoms with Gasteiger partial charge in [0.25, 0.3) is 5.91 Å². The highest BCUT2D eigenvalue weighted by molar-refractivity contribution is 6.03. The van der Waals surface area contributed by atoms with Gasteiger partial charge >= 0.3 is 0 Å². The van der Waals surface area contributed by atoms with Gasteiger partial charge in [-0.1, -0.05) is 0 Å². The molecule has 0 aliphatic carbocycles. The van der Waals surface area contributed by atoms with Crippen molar-refractivity contribution in [3.8, 4) is 0 Å². The molecule has 0 saturated heterocycles. The SMILES string of the molecule is CC(=O)c1ccc(NC(=O)c2cc(NCCN(C)C)ccn2)cc1. The molecule has 0 bridgehead atoms. The van der Waals surface area contributed by atoms with Gasteiger partial charge in [0.05, 0.1) is 0 Å². The molecule has 6 heteroatoms. The van der Waals surface area contributed by atoms with E-state index in [0.29, 0.717) is 16.9 Å². The van der Waals surface area contributed by atoms with E-state index < -0.39 is 0 Å². The summed E-state index contributed by atoms with van der Waals surface area (Å²) < 4.78 is 0. The van der Waals surface area contributed by atoms with E-state index in [9.17, 15) is 9.59 Å². The maximum atomic E-state index is 12.3. The Bertz CT molecular complexity index is 711. The van der Waals surface area contributed by atoms with Crippen LogP contribution in [0.25, 0.3) is 0 Å². The van der Waals surface area contributed by atoms with Crippen LogP contribution in [-0.4, -0.2) is 48.8 Å². The van der Waals surface area contributed by atoms with Crippen molar-refractivity contribution in [2.24, 2.45) is 0 Å². The molecule has 0 radical (unpaired) electrons. The summed E-state index contributed by atoms with van der Waals surface area (Å²) in [4.78, 5) is 29.7. The van der Waals surface area contributed by atoms with Gasteiger partial charge in [0.15, 0.2) is 5.78 Å². The first kappa shape index (κ1) is 17.6. The van der Waals surface area contributed by atoms with Crippen LogP contribution in [0, 0.1) is 0 Å². The van der Waals surface area contributed by atoms with Crippen LogP contribution in [0.5, 0.6) is 0 Å². The Kier molecular flexibility index (Phi) is 6.03. The molecule has 2 aromatic rings. The fourth-order valence-corrected chi connectivity index (χ4v) is 2.07. The van der Waals surface area contributed by atoms with Crippen LogP contribution in [0.1, 0.15) is 27.8 Å². The summed E-state index contributed by atoms with van der Waals surface area (Å²) in [6.45, 7) is 3.18. The molecule has 1 heterocycles. The largest absolute Gasteiger partial charge is 0.384 e. The predicted octanol–water partition coefficient (Wildman–Crippen LogP) is 2.51. The lowest BCUT2D eigenvalue weighted by molar-refractivity contribution is 0.101. The number of aromatic nitrogens is 1. The number of nitrogens with zero attached hydrogens (tertiary/aromatic N) is 2.